The van der Waals surface area contributed by atoms with Crippen LogP contribution in [0, 0.1) is 19.8 Å². The van der Waals surface area contributed by atoms with E-state index in [0.29, 0.717) is 6.54 Å². The summed E-state index contributed by atoms with van der Waals surface area (Å²) in [7, 11) is 3.48. The fraction of sp³-hybridized carbons (Fsp3) is 0.529. The molecule has 22 heavy (non-hydrogen) atoms. The van der Waals surface area contributed by atoms with Crippen molar-refractivity contribution in [1.82, 2.24) is 9.80 Å². The fourth-order valence-electron chi connectivity index (χ4n) is 2.77. The lowest BCUT2D eigenvalue weighted by Gasteiger charge is -2.33. The van der Waals surface area contributed by atoms with Crippen molar-refractivity contribution in [3.8, 4) is 0 Å². The first kappa shape index (κ1) is 16.3. The van der Waals surface area contributed by atoms with Crippen molar-refractivity contribution >= 4 is 17.6 Å². The number of carbonyl (C=O) groups excluding carboxylic acids is 2. The Balaban J connectivity index is 2.03. The molecule has 1 aliphatic heterocycles. The van der Waals surface area contributed by atoms with Crippen LogP contribution in [0.4, 0.5) is 10.5 Å². The summed E-state index contributed by atoms with van der Waals surface area (Å²) < 4.78 is 0. The Labute approximate surface area is 132 Å². The molecule has 1 N–H and O–H groups in total. The van der Waals surface area contributed by atoms with Crippen molar-refractivity contribution in [1.29, 1.82) is 0 Å². The van der Waals surface area contributed by atoms with Gasteiger partial charge in [-0.25, -0.2) is 4.79 Å². The van der Waals surface area contributed by atoms with Gasteiger partial charge in [-0.3, -0.25) is 4.79 Å². The first-order valence-electron chi connectivity index (χ1n) is 7.73. The Bertz CT molecular complexity index is 569. The van der Waals surface area contributed by atoms with Gasteiger partial charge in [0.25, 0.3) is 0 Å². The van der Waals surface area contributed by atoms with E-state index in [9.17, 15) is 9.59 Å². The average Bonchev–Trinajstić information content (AvgIpc) is 2.51. The van der Waals surface area contributed by atoms with Crippen LogP contribution in [0.1, 0.15) is 24.0 Å². The summed E-state index contributed by atoms with van der Waals surface area (Å²) in [5.74, 6) is -0.137. The maximum atomic E-state index is 12.5. The van der Waals surface area contributed by atoms with Crippen LogP contribution in [0.15, 0.2) is 18.2 Å². The average molecular weight is 303 g/mol. The number of nitrogens with one attached hydrogen (secondary N) is 1. The molecule has 0 spiro atoms. The van der Waals surface area contributed by atoms with E-state index in [0.717, 1.165) is 36.2 Å². The summed E-state index contributed by atoms with van der Waals surface area (Å²) in [4.78, 5) is 27.9. The van der Waals surface area contributed by atoms with Gasteiger partial charge in [-0.15, -0.1) is 0 Å². The molecule has 2 rings (SSSR count). The van der Waals surface area contributed by atoms with Gasteiger partial charge < -0.3 is 15.1 Å². The van der Waals surface area contributed by atoms with Crippen LogP contribution in [0.3, 0.4) is 0 Å². The molecule has 1 fully saturated rings. The van der Waals surface area contributed by atoms with E-state index in [1.807, 2.05) is 32.0 Å². The number of piperidine rings is 1. The van der Waals surface area contributed by atoms with E-state index in [1.54, 1.807) is 23.9 Å². The van der Waals surface area contributed by atoms with Crippen molar-refractivity contribution < 1.29 is 9.59 Å². The predicted molar refractivity (Wildman–Crippen MR) is 87.9 cm³/mol. The minimum Gasteiger partial charge on any atom is -0.331 e. The highest BCUT2D eigenvalue weighted by atomic mass is 16.2. The molecular formula is C17H25N3O2. The predicted octanol–water partition coefficient (Wildman–Crippen LogP) is 2.64. The monoisotopic (exact) mass is 303 g/mol. The number of hydrogen-bond acceptors (Lipinski definition) is 2. The van der Waals surface area contributed by atoms with Gasteiger partial charge in [-0.2, -0.15) is 0 Å². The van der Waals surface area contributed by atoms with E-state index >= 15 is 0 Å². The van der Waals surface area contributed by atoms with Crippen molar-refractivity contribution in [2.24, 2.45) is 5.92 Å². The number of aryl methyl sites for hydroxylation is 1. The second-order valence-electron chi connectivity index (χ2n) is 6.20. The number of likely N-dealkylation sites (tertiary alicyclic amines) is 1. The summed E-state index contributed by atoms with van der Waals surface area (Å²) in [5.41, 5.74) is 3.11. The molecule has 1 heterocycles. The molecule has 1 atom stereocenters. The highest BCUT2D eigenvalue weighted by Gasteiger charge is 2.29. The fourth-order valence-corrected chi connectivity index (χ4v) is 2.77. The highest BCUT2D eigenvalue weighted by Crippen LogP contribution is 2.22. The van der Waals surface area contributed by atoms with E-state index in [-0.39, 0.29) is 17.9 Å². The number of benzene rings is 1. The molecule has 1 aliphatic rings. The topological polar surface area (TPSA) is 52.7 Å². The SMILES string of the molecule is Cc1cccc(NC(=O)[C@H]2CCCN(C(=O)N(C)C)C2)c1C. The first-order valence-corrected chi connectivity index (χ1v) is 7.73. The first-order chi connectivity index (χ1) is 10.4. The molecule has 1 aromatic rings. The molecule has 0 aliphatic carbocycles. The van der Waals surface area contributed by atoms with Gasteiger partial charge in [-0.05, 0) is 43.9 Å². The minimum atomic E-state index is -0.141. The van der Waals surface area contributed by atoms with Gasteiger partial charge in [0.1, 0.15) is 0 Å². The molecule has 0 radical (unpaired) electrons. The number of urea groups is 1. The van der Waals surface area contributed by atoms with Crippen LogP contribution in [0.2, 0.25) is 0 Å². The molecule has 1 aromatic carbocycles. The van der Waals surface area contributed by atoms with Crippen molar-refractivity contribution in [3.63, 3.8) is 0 Å². The number of amides is 3. The molecule has 0 bridgehead atoms. The number of carbonyl (C=O) groups is 2. The second kappa shape index (κ2) is 6.81. The highest BCUT2D eigenvalue weighted by molar-refractivity contribution is 5.94. The second-order valence-corrected chi connectivity index (χ2v) is 6.20. The third-order valence-electron chi connectivity index (χ3n) is 4.31. The van der Waals surface area contributed by atoms with Crippen LogP contribution in [-0.2, 0) is 4.79 Å². The van der Waals surface area contributed by atoms with Gasteiger partial charge in [0, 0.05) is 32.9 Å². The lowest BCUT2D eigenvalue weighted by Crippen LogP contribution is -2.47. The molecule has 5 nitrogen and oxygen atoms in total. The van der Waals surface area contributed by atoms with Crippen molar-refractivity contribution in [2.45, 2.75) is 26.7 Å². The van der Waals surface area contributed by atoms with Gasteiger partial charge in [0.15, 0.2) is 0 Å². The lowest BCUT2D eigenvalue weighted by molar-refractivity contribution is -0.121. The summed E-state index contributed by atoms with van der Waals surface area (Å²) in [5, 5.41) is 3.02. The maximum absolute atomic E-state index is 12.5. The molecule has 5 heteroatoms. The zero-order valence-electron chi connectivity index (χ0n) is 13.8. The van der Waals surface area contributed by atoms with Gasteiger partial charge >= 0.3 is 6.03 Å². The summed E-state index contributed by atoms with van der Waals surface area (Å²) in [6.45, 7) is 5.26. The zero-order valence-corrected chi connectivity index (χ0v) is 13.8. The molecule has 3 amide bonds. The van der Waals surface area contributed by atoms with Crippen molar-refractivity contribution in [3.05, 3.63) is 29.3 Å². The third kappa shape index (κ3) is 3.59. The zero-order chi connectivity index (χ0) is 16.3. The molecular weight excluding hydrogens is 278 g/mol. The van der Waals surface area contributed by atoms with E-state index in [4.69, 9.17) is 0 Å². The Morgan fingerprint density at radius 1 is 1.27 bits per heavy atom. The van der Waals surface area contributed by atoms with Crippen LogP contribution in [0.5, 0.6) is 0 Å². The Morgan fingerprint density at radius 3 is 2.68 bits per heavy atom. The number of nitrogens with zero attached hydrogens (tertiary/aromatic N) is 2. The standard InChI is InChI=1S/C17H25N3O2/c1-12-7-5-9-15(13(12)2)18-16(21)14-8-6-10-20(11-14)17(22)19(3)4/h5,7,9,14H,6,8,10-11H2,1-4H3,(H,18,21)/t14-/m0/s1. The minimum absolute atomic E-state index is 0.00459. The molecule has 0 unspecified atom stereocenters. The molecule has 1 saturated heterocycles. The lowest BCUT2D eigenvalue weighted by atomic mass is 9.97. The molecule has 0 aromatic heterocycles. The molecule has 0 saturated carbocycles. The Kier molecular flexibility index (Phi) is 5.06. The van der Waals surface area contributed by atoms with Gasteiger partial charge in [0.05, 0.1) is 5.92 Å². The Hall–Kier alpha value is -2.04. The van der Waals surface area contributed by atoms with Crippen LogP contribution < -0.4 is 5.32 Å². The van der Waals surface area contributed by atoms with Crippen LogP contribution >= 0.6 is 0 Å². The smallest absolute Gasteiger partial charge is 0.319 e. The van der Waals surface area contributed by atoms with E-state index in [1.165, 1.54) is 0 Å². The summed E-state index contributed by atoms with van der Waals surface area (Å²) in [6, 6.07) is 5.87. The maximum Gasteiger partial charge on any atom is 0.319 e. The van der Waals surface area contributed by atoms with Crippen LogP contribution in [0.25, 0.3) is 0 Å². The van der Waals surface area contributed by atoms with Gasteiger partial charge in [-0.1, -0.05) is 12.1 Å². The van der Waals surface area contributed by atoms with E-state index in [2.05, 4.69) is 5.32 Å². The van der Waals surface area contributed by atoms with E-state index < -0.39 is 0 Å². The molecule has 120 valence electrons. The quantitative estimate of drug-likeness (QED) is 0.913. The number of hydrogen-bond donors (Lipinski definition) is 1. The third-order valence-corrected chi connectivity index (χ3v) is 4.31. The van der Waals surface area contributed by atoms with Crippen molar-refractivity contribution in [2.75, 3.05) is 32.5 Å². The number of anilines is 1. The largest absolute Gasteiger partial charge is 0.331 e. The van der Waals surface area contributed by atoms with Gasteiger partial charge in [0.2, 0.25) is 5.91 Å². The summed E-state index contributed by atoms with van der Waals surface area (Å²) in [6.07, 6.45) is 1.69. The normalized spacial score (nSPS) is 18.0. The van der Waals surface area contributed by atoms with Crippen LogP contribution in [-0.4, -0.2) is 48.9 Å². The summed E-state index contributed by atoms with van der Waals surface area (Å²) >= 11 is 0. The number of rotatable bonds is 2. The Morgan fingerprint density at radius 2 is 2.00 bits per heavy atom.